The number of hydrogen-bond donors (Lipinski definition) is 2. The molecule has 0 spiro atoms. The second-order valence-electron chi connectivity index (χ2n) is 7.66. The number of amidine groups is 1. The van der Waals surface area contributed by atoms with Crippen molar-refractivity contribution in [2.75, 3.05) is 25.0 Å². The molecule has 0 saturated carbocycles. The number of benzene rings is 1. The zero-order chi connectivity index (χ0) is 25.6. The van der Waals surface area contributed by atoms with Gasteiger partial charge in [0.05, 0.1) is 10.6 Å². The first-order valence-electron chi connectivity index (χ1n) is 11.0. The van der Waals surface area contributed by atoms with Crippen LogP contribution in [-0.4, -0.2) is 58.9 Å². The average molecular weight is 500 g/mol. The molecule has 35 heavy (non-hydrogen) atoms. The number of amides is 1. The van der Waals surface area contributed by atoms with Gasteiger partial charge in [0.15, 0.2) is 18.3 Å². The molecule has 2 heterocycles. The molecule has 11 nitrogen and oxygen atoms in total. The summed E-state index contributed by atoms with van der Waals surface area (Å²) in [6, 6.07) is 11.5. The van der Waals surface area contributed by atoms with Crippen molar-refractivity contribution in [3.8, 4) is 5.82 Å². The monoisotopic (exact) mass is 499 g/mol. The number of pyridine rings is 1. The topological polar surface area (TPSA) is 145 Å². The highest BCUT2D eigenvalue weighted by Gasteiger charge is 2.21. The van der Waals surface area contributed by atoms with Gasteiger partial charge in [-0.25, -0.2) is 18.1 Å². The van der Waals surface area contributed by atoms with Gasteiger partial charge in [0.25, 0.3) is 5.91 Å². The van der Waals surface area contributed by atoms with Gasteiger partial charge < -0.3 is 15.9 Å². The summed E-state index contributed by atoms with van der Waals surface area (Å²) in [7, 11) is -3.64. The number of sulfonamides is 1. The molecule has 186 valence electrons. The molecule has 0 atom stereocenters. The molecule has 0 fully saturated rings. The van der Waals surface area contributed by atoms with E-state index in [0.29, 0.717) is 30.2 Å². The largest absolute Gasteiger partial charge is 0.384 e. The van der Waals surface area contributed by atoms with Crippen molar-refractivity contribution in [1.82, 2.24) is 19.1 Å². The summed E-state index contributed by atoms with van der Waals surface area (Å²) in [5.74, 6) is 0.173. The van der Waals surface area contributed by atoms with Crippen LogP contribution in [0.4, 0.5) is 5.69 Å². The van der Waals surface area contributed by atoms with Crippen LogP contribution in [0, 0.1) is 13.8 Å². The first kappa shape index (κ1) is 25.8. The van der Waals surface area contributed by atoms with Gasteiger partial charge in [-0.1, -0.05) is 25.1 Å². The molecule has 1 aromatic carbocycles. The van der Waals surface area contributed by atoms with Gasteiger partial charge in [0.1, 0.15) is 0 Å². The lowest BCUT2D eigenvalue weighted by molar-refractivity contribution is -0.120. The Morgan fingerprint density at radius 2 is 1.91 bits per heavy atom. The van der Waals surface area contributed by atoms with Gasteiger partial charge in [-0.15, -0.1) is 0 Å². The van der Waals surface area contributed by atoms with Crippen LogP contribution < -0.4 is 11.1 Å². The summed E-state index contributed by atoms with van der Waals surface area (Å²) in [4.78, 5) is 21.8. The number of aromatic nitrogens is 3. The second kappa shape index (κ2) is 11.1. The van der Waals surface area contributed by atoms with Gasteiger partial charge in [-0.3, -0.25) is 4.79 Å². The van der Waals surface area contributed by atoms with Crippen LogP contribution in [0.5, 0.6) is 0 Å². The van der Waals surface area contributed by atoms with E-state index < -0.39 is 22.5 Å². The maximum Gasteiger partial charge on any atom is 0.265 e. The molecule has 2 aromatic heterocycles. The van der Waals surface area contributed by atoms with Crippen LogP contribution in [0.2, 0.25) is 0 Å². The minimum Gasteiger partial charge on any atom is -0.384 e. The summed E-state index contributed by atoms with van der Waals surface area (Å²) in [6.07, 6.45) is 1.54. The maximum absolute atomic E-state index is 12.7. The fraction of sp³-hybridized carbons (Fsp3) is 0.304. The van der Waals surface area contributed by atoms with E-state index in [1.165, 1.54) is 22.6 Å². The fourth-order valence-corrected chi connectivity index (χ4v) is 4.89. The highest BCUT2D eigenvalue weighted by Crippen LogP contribution is 2.19. The molecule has 0 aliphatic carbocycles. The Kier molecular flexibility index (Phi) is 8.20. The van der Waals surface area contributed by atoms with Crippen molar-refractivity contribution >= 4 is 27.5 Å². The van der Waals surface area contributed by atoms with E-state index >= 15 is 0 Å². The van der Waals surface area contributed by atoms with Crippen LogP contribution >= 0.6 is 0 Å². The van der Waals surface area contributed by atoms with E-state index in [1.54, 1.807) is 42.8 Å². The number of rotatable bonds is 10. The molecule has 1 amide bonds. The van der Waals surface area contributed by atoms with Crippen LogP contribution in [0.1, 0.15) is 30.8 Å². The van der Waals surface area contributed by atoms with E-state index in [0.717, 1.165) is 11.4 Å². The maximum atomic E-state index is 12.7. The van der Waals surface area contributed by atoms with Crippen LogP contribution in [0.15, 0.2) is 58.7 Å². The molecule has 3 rings (SSSR count). The molecule has 0 unspecified atom stereocenters. The van der Waals surface area contributed by atoms with Crippen LogP contribution in [-0.2, 0) is 19.7 Å². The predicted molar refractivity (Wildman–Crippen MR) is 133 cm³/mol. The normalized spacial score (nSPS) is 12.1. The fourth-order valence-electron chi connectivity index (χ4n) is 3.38. The van der Waals surface area contributed by atoms with Crippen LogP contribution in [0.25, 0.3) is 5.82 Å². The lowest BCUT2D eigenvalue weighted by atomic mass is 10.2. The highest BCUT2D eigenvalue weighted by molar-refractivity contribution is 7.89. The molecule has 0 aliphatic heterocycles. The minimum absolute atomic E-state index is 0.0533. The zero-order valence-corrected chi connectivity index (χ0v) is 20.9. The summed E-state index contributed by atoms with van der Waals surface area (Å²) in [6.45, 7) is 7.66. The number of oxime groups is 1. The van der Waals surface area contributed by atoms with Gasteiger partial charge in [-0.05, 0) is 50.2 Å². The Morgan fingerprint density at radius 3 is 2.51 bits per heavy atom. The second-order valence-corrected chi connectivity index (χ2v) is 9.60. The Morgan fingerprint density at radius 1 is 1.17 bits per heavy atom. The Bertz CT molecular complexity index is 1310. The molecule has 0 saturated heterocycles. The Hall–Kier alpha value is -3.77. The smallest absolute Gasteiger partial charge is 0.265 e. The lowest BCUT2D eigenvalue weighted by Crippen LogP contribution is -2.30. The quantitative estimate of drug-likeness (QED) is 0.247. The molecule has 0 aliphatic rings. The predicted octanol–water partition coefficient (Wildman–Crippen LogP) is 2.19. The standard InChI is InChI=1S/C23H29N7O4S/c1-5-29(6-2)35(32,33)20-9-7-8-19(13-20)26-22(31)15-34-28-23(24)18-10-11-21(25-14-18)30-17(4)12-16(3)27-30/h7-14H,5-6,15H2,1-4H3,(H2,24,28)(H,26,31). The molecular weight excluding hydrogens is 470 g/mol. The summed E-state index contributed by atoms with van der Waals surface area (Å²) >= 11 is 0. The SMILES string of the molecule is CCN(CC)S(=O)(=O)c1cccc(NC(=O)CO/N=C(/N)c2ccc(-n3nc(C)cc3C)nc2)c1. The molecule has 0 radical (unpaired) electrons. The number of nitrogens with one attached hydrogen (secondary N) is 1. The number of hydrogen-bond acceptors (Lipinski definition) is 7. The number of nitrogens with zero attached hydrogens (tertiary/aromatic N) is 5. The van der Waals surface area contributed by atoms with E-state index in [4.69, 9.17) is 10.6 Å². The third-order valence-corrected chi connectivity index (χ3v) is 7.14. The van der Waals surface area contributed by atoms with E-state index in [9.17, 15) is 13.2 Å². The third kappa shape index (κ3) is 6.22. The van der Waals surface area contributed by atoms with Crippen LogP contribution in [0.3, 0.4) is 0 Å². The third-order valence-electron chi connectivity index (χ3n) is 5.09. The number of aryl methyl sites for hydroxylation is 2. The lowest BCUT2D eigenvalue weighted by Gasteiger charge is -2.18. The Labute approximate surface area is 204 Å². The summed E-state index contributed by atoms with van der Waals surface area (Å²) in [5.41, 5.74) is 8.62. The van der Waals surface area contributed by atoms with Crippen molar-refractivity contribution < 1.29 is 18.0 Å². The van der Waals surface area contributed by atoms with Crippen molar-refractivity contribution in [2.24, 2.45) is 10.9 Å². The molecule has 12 heteroatoms. The first-order chi connectivity index (χ1) is 16.6. The minimum atomic E-state index is -3.64. The van der Waals surface area contributed by atoms with Gasteiger partial charge in [0.2, 0.25) is 10.0 Å². The van der Waals surface area contributed by atoms with E-state index in [1.807, 2.05) is 19.9 Å². The van der Waals surface area contributed by atoms with E-state index in [-0.39, 0.29) is 10.7 Å². The van der Waals surface area contributed by atoms with Crippen molar-refractivity contribution in [3.63, 3.8) is 0 Å². The average Bonchev–Trinajstić information content (AvgIpc) is 3.17. The van der Waals surface area contributed by atoms with Gasteiger partial charge in [-0.2, -0.15) is 9.40 Å². The number of carbonyl (C=O) groups is 1. The van der Waals surface area contributed by atoms with Gasteiger partial charge >= 0.3 is 0 Å². The number of carbonyl (C=O) groups excluding carboxylic acids is 1. The van der Waals surface area contributed by atoms with E-state index in [2.05, 4.69) is 20.6 Å². The first-order valence-corrected chi connectivity index (χ1v) is 12.4. The molecule has 3 aromatic rings. The highest BCUT2D eigenvalue weighted by atomic mass is 32.2. The van der Waals surface area contributed by atoms with Crippen molar-refractivity contribution in [1.29, 1.82) is 0 Å². The van der Waals surface area contributed by atoms with Gasteiger partial charge in [0, 0.05) is 36.2 Å². The number of nitrogens with two attached hydrogens (primary N) is 1. The zero-order valence-electron chi connectivity index (χ0n) is 20.1. The van der Waals surface area contributed by atoms with Crippen molar-refractivity contribution in [2.45, 2.75) is 32.6 Å². The number of anilines is 1. The molecule has 0 bridgehead atoms. The van der Waals surface area contributed by atoms with Crippen molar-refractivity contribution in [3.05, 3.63) is 65.6 Å². The summed E-state index contributed by atoms with van der Waals surface area (Å²) < 4.78 is 28.4. The molecule has 3 N–H and O–H groups in total. The Balaban J connectivity index is 1.59. The summed E-state index contributed by atoms with van der Waals surface area (Å²) in [5, 5.41) is 10.7. The molecular formula is C23H29N7O4S.